The largest absolute Gasteiger partial charge is 0.494 e. The molecule has 182 valence electrons. The molecule has 0 saturated heterocycles. The normalized spacial score (nSPS) is 16.2. The lowest BCUT2D eigenvalue weighted by atomic mass is 10.1. The second-order valence-corrected chi connectivity index (χ2v) is 9.08. The molecule has 2 aromatic carbocycles. The molecule has 2 aliphatic rings. The Balaban J connectivity index is 1.49. The molecule has 0 radical (unpaired) electrons. The quantitative estimate of drug-likeness (QED) is 0.365. The maximum Gasteiger partial charge on any atom is 0.276 e. The Hall–Kier alpha value is -4.33. The summed E-state index contributed by atoms with van der Waals surface area (Å²) >= 11 is 0. The van der Waals surface area contributed by atoms with E-state index in [0.717, 1.165) is 53.1 Å². The number of allylic oxidation sites excluding steroid dienone is 2. The third kappa shape index (κ3) is 4.15. The lowest BCUT2D eigenvalue weighted by Gasteiger charge is -2.33. The SMILES string of the molecule is Cc1cccc2c1NCCN2c1cc2cnc3nc2n(c1=O)C/C=C\CCCOc1cccc(c1)N3. The fourth-order valence-corrected chi connectivity index (χ4v) is 4.82. The van der Waals surface area contributed by atoms with Crippen molar-refractivity contribution in [1.29, 1.82) is 0 Å². The van der Waals surface area contributed by atoms with Crippen LogP contribution < -0.4 is 25.8 Å². The number of hydrogen-bond donors (Lipinski definition) is 2. The molecule has 0 unspecified atom stereocenters. The van der Waals surface area contributed by atoms with E-state index < -0.39 is 0 Å². The van der Waals surface area contributed by atoms with Crippen LogP contribution in [-0.4, -0.2) is 34.2 Å². The van der Waals surface area contributed by atoms with Crippen LogP contribution in [0.5, 0.6) is 5.75 Å². The first-order valence-corrected chi connectivity index (χ1v) is 12.3. The third-order valence-electron chi connectivity index (χ3n) is 6.61. The minimum atomic E-state index is -0.0687. The number of ether oxygens (including phenoxy) is 1. The molecule has 2 aromatic heterocycles. The highest BCUT2D eigenvalue weighted by Gasteiger charge is 2.23. The number of para-hydroxylation sites is 1. The van der Waals surface area contributed by atoms with Crippen LogP contribution in [0.2, 0.25) is 0 Å². The zero-order valence-electron chi connectivity index (χ0n) is 20.2. The Morgan fingerprint density at radius 3 is 2.92 bits per heavy atom. The minimum Gasteiger partial charge on any atom is -0.494 e. The van der Waals surface area contributed by atoms with Gasteiger partial charge in [-0.2, -0.15) is 4.98 Å². The molecular weight excluding hydrogens is 452 g/mol. The average molecular weight is 481 g/mol. The van der Waals surface area contributed by atoms with Crippen LogP contribution in [0.3, 0.4) is 0 Å². The van der Waals surface area contributed by atoms with Gasteiger partial charge in [-0.05, 0) is 49.6 Å². The van der Waals surface area contributed by atoms with Gasteiger partial charge in [0, 0.05) is 43.0 Å². The Morgan fingerprint density at radius 2 is 1.97 bits per heavy atom. The summed E-state index contributed by atoms with van der Waals surface area (Å²) in [5.41, 5.74) is 5.24. The van der Waals surface area contributed by atoms with Gasteiger partial charge in [0.25, 0.3) is 5.56 Å². The van der Waals surface area contributed by atoms with Crippen LogP contribution in [0.4, 0.5) is 28.7 Å². The van der Waals surface area contributed by atoms with Gasteiger partial charge in [0.05, 0.1) is 18.0 Å². The highest BCUT2D eigenvalue weighted by Crippen LogP contribution is 2.36. The minimum absolute atomic E-state index is 0.0687. The Bertz CT molecular complexity index is 1530. The van der Waals surface area contributed by atoms with Gasteiger partial charge in [0.15, 0.2) is 0 Å². The van der Waals surface area contributed by atoms with E-state index in [-0.39, 0.29) is 5.56 Å². The lowest BCUT2D eigenvalue weighted by molar-refractivity contribution is 0.312. The monoisotopic (exact) mass is 480 g/mol. The Morgan fingerprint density at radius 1 is 1.06 bits per heavy atom. The molecule has 0 atom stereocenters. The summed E-state index contributed by atoms with van der Waals surface area (Å²) in [6.07, 6.45) is 7.69. The molecular formula is C28H28N6O2. The zero-order chi connectivity index (χ0) is 24.5. The molecule has 0 saturated carbocycles. The third-order valence-corrected chi connectivity index (χ3v) is 6.61. The number of aryl methyl sites for hydroxylation is 1. The lowest BCUT2D eigenvalue weighted by Crippen LogP contribution is -2.36. The van der Waals surface area contributed by atoms with Crippen molar-refractivity contribution in [2.75, 3.05) is 35.2 Å². The van der Waals surface area contributed by atoms with Crippen LogP contribution in [0, 0.1) is 6.92 Å². The molecule has 8 heteroatoms. The van der Waals surface area contributed by atoms with Gasteiger partial charge in [0.1, 0.15) is 17.1 Å². The average Bonchev–Trinajstić information content (AvgIpc) is 2.89. The van der Waals surface area contributed by atoms with Crippen molar-refractivity contribution in [1.82, 2.24) is 14.5 Å². The molecule has 6 rings (SSSR count). The predicted molar refractivity (Wildman–Crippen MR) is 144 cm³/mol. The highest BCUT2D eigenvalue weighted by molar-refractivity contribution is 5.85. The summed E-state index contributed by atoms with van der Waals surface area (Å²) in [5, 5.41) is 7.56. The molecule has 4 bridgehead atoms. The highest BCUT2D eigenvalue weighted by atomic mass is 16.5. The molecule has 0 amide bonds. The number of nitrogens with zero attached hydrogens (tertiary/aromatic N) is 4. The zero-order valence-corrected chi connectivity index (χ0v) is 20.2. The fourth-order valence-electron chi connectivity index (χ4n) is 4.82. The number of pyridine rings is 1. The van der Waals surface area contributed by atoms with Crippen LogP contribution in [-0.2, 0) is 6.54 Å². The van der Waals surface area contributed by atoms with E-state index in [9.17, 15) is 4.79 Å². The van der Waals surface area contributed by atoms with Crippen molar-refractivity contribution < 1.29 is 4.74 Å². The summed E-state index contributed by atoms with van der Waals surface area (Å²) in [6.45, 7) is 4.60. The molecule has 2 N–H and O–H groups in total. The number of anilines is 5. The summed E-state index contributed by atoms with van der Waals surface area (Å²) in [7, 11) is 0. The second-order valence-electron chi connectivity index (χ2n) is 9.08. The first-order chi connectivity index (χ1) is 17.7. The summed E-state index contributed by atoms with van der Waals surface area (Å²) in [6, 6.07) is 15.8. The summed E-state index contributed by atoms with van der Waals surface area (Å²) in [5.74, 6) is 1.23. The van der Waals surface area contributed by atoms with Gasteiger partial charge in [-0.15, -0.1) is 0 Å². The van der Waals surface area contributed by atoms with Crippen molar-refractivity contribution in [3.63, 3.8) is 0 Å². The number of nitrogens with one attached hydrogen (secondary N) is 2. The van der Waals surface area contributed by atoms with Crippen LogP contribution in [0.15, 0.2) is 71.7 Å². The maximum absolute atomic E-state index is 13.9. The molecule has 0 spiro atoms. The van der Waals surface area contributed by atoms with Crippen molar-refractivity contribution in [3.8, 4) is 5.75 Å². The van der Waals surface area contributed by atoms with E-state index in [1.54, 1.807) is 10.8 Å². The van der Waals surface area contributed by atoms with Gasteiger partial charge in [-0.1, -0.05) is 30.4 Å². The molecule has 36 heavy (non-hydrogen) atoms. The number of fused-ring (bicyclic) bond motifs is 4. The van der Waals surface area contributed by atoms with Crippen molar-refractivity contribution in [2.45, 2.75) is 26.3 Å². The first kappa shape index (κ1) is 22.2. The Kier molecular flexibility index (Phi) is 5.77. The number of rotatable bonds is 1. The van der Waals surface area contributed by atoms with Crippen LogP contribution in [0.1, 0.15) is 18.4 Å². The van der Waals surface area contributed by atoms with E-state index in [0.29, 0.717) is 37.0 Å². The fraction of sp³-hybridized carbons (Fsp3) is 0.250. The van der Waals surface area contributed by atoms with Crippen LogP contribution in [0.25, 0.3) is 11.0 Å². The van der Waals surface area contributed by atoms with Gasteiger partial charge < -0.3 is 20.3 Å². The van der Waals surface area contributed by atoms with Gasteiger partial charge >= 0.3 is 0 Å². The number of hydrogen-bond acceptors (Lipinski definition) is 7. The maximum atomic E-state index is 13.9. The van der Waals surface area contributed by atoms with Crippen LogP contribution >= 0.6 is 0 Å². The second kappa shape index (κ2) is 9.37. The Labute approximate surface area is 209 Å². The topological polar surface area (TPSA) is 84.3 Å². The summed E-state index contributed by atoms with van der Waals surface area (Å²) < 4.78 is 7.63. The number of aromatic nitrogens is 3. The smallest absolute Gasteiger partial charge is 0.276 e. The summed E-state index contributed by atoms with van der Waals surface area (Å²) in [4.78, 5) is 25.4. The predicted octanol–water partition coefficient (Wildman–Crippen LogP) is 5.14. The van der Waals surface area contributed by atoms with Gasteiger partial charge in [-0.3, -0.25) is 9.36 Å². The molecule has 2 aliphatic heterocycles. The molecule has 8 nitrogen and oxygen atoms in total. The van der Waals surface area contributed by atoms with Crippen molar-refractivity contribution >= 4 is 39.7 Å². The molecule has 0 aliphatic carbocycles. The standard InChI is InChI=1S/C28H28N6O2/c1-19-8-6-11-23-25(19)29-12-14-33(23)24-16-20-18-30-28-31-21-9-7-10-22(17-21)36-15-5-3-2-4-13-34(27(24)35)26(20)32-28/h2,4,6-11,16-18,29H,3,5,12-15H2,1H3,(H,30,31,32)/b4-2-. The first-order valence-electron chi connectivity index (χ1n) is 12.3. The van der Waals surface area contributed by atoms with E-state index in [1.807, 2.05) is 42.5 Å². The van der Waals surface area contributed by atoms with E-state index in [4.69, 9.17) is 9.72 Å². The van der Waals surface area contributed by atoms with Crippen molar-refractivity contribution in [3.05, 3.63) is 82.8 Å². The molecule has 4 heterocycles. The van der Waals surface area contributed by atoms with E-state index in [2.05, 4.69) is 45.6 Å². The van der Waals surface area contributed by atoms with Gasteiger partial charge in [-0.25, -0.2) is 4.98 Å². The van der Waals surface area contributed by atoms with Crippen molar-refractivity contribution in [2.24, 2.45) is 0 Å². The van der Waals surface area contributed by atoms with Gasteiger partial charge in [0.2, 0.25) is 5.95 Å². The van der Waals surface area contributed by atoms with E-state index >= 15 is 0 Å². The molecule has 0 fully saturated rings. The number of benzene rings is 2. The molecule has 4 aromatic rings. The van der Waals surface area contributed by atoms with E-state index in [1.165, 1.54) is 0 Å².